The molecule has 9 heteroatoms. The first-order valence-electron chi connectivity index (χ1n) is 10.8. The van der Waals surface area contributed by atoms with Gasteiger partial charge in [0.15, 0.2) is 0 Å². The SMILES string of the molecule is CCOc1ccc(NC(=O)C[C@@H]2C(=O)N(c3ccc(OC)cc3)C(=O)N2Cc2cccs2)cc1. The summed E-state index contributed by atoms with van der Waals surface area (Å²) in [6.07, 6.45) is -0.157. The van der Waals surface area contributed by atoms with Crippen LogP contribution in [0.5, 0.6) is 11.5 Å². The zero-order valence-corrected chi connectivity index (χ0v) is 19.7. The van der Waals surface area contributed by atoms with E-state index in [0.717, 1.165) is 9.78 Å². The van der Waals surface area contributed by atoms with Crippen molar-refractivity contribution in [3.8, 4) is 11.5 Å². The molecular weight excluding hydrogens is 454 g/mol. The Morgan fingerprint density at radius 3 is 2.35 bits per heavy atom. The van der Waals surface area contributed by atoms with Gasteiger partial charge in [0.25, 0.3) is 5.91 Å². The second kappa shape index (κ2) is 10.4. The Morgan fingerprint density at radius 1 is 1.03 bits per heavy atom. The van der Waals surface area contributed by atoms with Crippen molar-refractivity contribution in [3.05, 3.63) is 70.9 Å². The third kappa shape index (κ3) is 5.04. The molecule has 4 rings (SSSR count). The highest BCUT2D eigenvalue weighted by Crippen LogP contribution is 2.30. The molecule has 0 radical (unpaired) electrons. The lowest BCUT2D eigenvalue weighted by Gasteiger charge is -2.21. The predicted octanol–water partition coefficient (Wildman–Crippen LogP) is 4.52. The van der Waals surface area contributed by atoms with E-state index in [4.69, 9.17) is 9.47 Å². The fourth-order valence-corrected chi connectivity index (χ4v) is 4.44. The standard InChI is InChI=1S/C25H25N3O5S/c1-3-33-20-10-6-17(7-11-20)26-23(29)15-22-24(30)28(18-8-12-19(32-2)13-9-18)25(31)27(22)16-21-5-4-14-34-21/h4-14,22H,3,15-16H2,1-2H3,(H,26,29)/t22-/m1/s1. The van der Waals surface area contributed by atoms with E-state index in [1.165, 1.54) is 16.2 Å². The summed E-state index contributed by atoms with van der Waals surface area (Å²) < 4.78 is 10.6. The molecule has 176 valence electrons. The lowest BCUT2D eigenvalue weighted by Crippen LogP contribution is -2.37. The molecule has 1 fully saturated rings. The fourth-order valence-electron chi connectivity index (χ4n) is 3.74. The number of anilines is 2. The number of methoxy groups -OCH3 is 1. The van der Waals surface area contributed by atoms with E-state index in [0.29, 0.717) is 29.5 Å². The second-order valence-corrected chi connectivity index (χ2v) is 8.62. The van der Waals surface area contributed by atoms with Gasteiger partial charge in [0.05, 0.1) is 32.4 Å². The van der Waals surface area contributed by atoms with E-state index >= 15 is 0 Å². The number of urea groups is 1. The van der Waals surface area contributed by atoms with Crippen molar-refractivity contribution < 1.29 is 23.9 Å². The maximum atomic E-state index is 13.4. The van der Waals surface area contributed by atoms with E-state index in [9.17, 15) is 14.4 Å². The summed E-state index contributed by atoms with van der Waals surface area (Å²) in [7, 11) is 1.54. The highest BCUT2D eigenvalue weighted by Gasteiger charge is 2.46. The van der Waals surface area contributed by atoms with E-state index in [2.05, 4.69) is 5.32 Å². The van der Waals surface area contributed by atoms with Crippen LogP contribution in [-0.2, 0) is 16.1 Å². The molecule has 0 aliphatic carbocycles. The van der Waals surface area contributed by atoms with Crippen LogP contribution in [0.3, 0.4) is 0 Å². The molecule has 1 aliphatic heterocycles. The van der Waals surface area contributed by atoms with Crippen LogP contribution in [0.4, 0.5) is 16.2 Å². The minimum absolute atomic E-state index is 0.157. The molecule has 3 aromatic rings. The topological polar surface area (TPSA) is 88.2 Å². The molecule has 0 unspecified atom stereocenters. The molecule has 1 aliphatic rings. The minimum Gasteiger partial charge on any atom is -0.497 e. The maximum Gasteiger partial charge on any atom is 0.332 e. The molecule has 4 amide bonds. The molecule has 1 N–H and O–H groups in total. The van der Waals surface area contributed by atoms with Gasteiger partial charge in [-0.3, -0.25) is 9.59 Å². The normalized spacial score (nSPS) is 15.5. The number of rotatable bonds is 9. The summed E-state index contributed by atoms with van der Waals surface area (Å²) in [6, 6.07) is 16.1. The highest BCUT2D eigenvalue weighted by atomic mass is 32.1. The number of thiophene rings is 1. The van der Waals surface area contributed by atoms with Gasteiger partial charge in [-0.15, -0.1) is 11.3 Å². The number of imide groups is 1. The number of amides is 4. The number of benzene rings is 2. The molecule has 0 bridgehead atoms. The first kappa shape index (κ1) is 23.3. The summed E-state index contributed by atoms with van der Waals surface area (Å²) in [6.45, 7) is 2.69. The summed E-state index contributed by atoms with van der Waals surface area (Å²) in [5.74, 6) is 0.524. The maximum absolute atomic E-state index is 13.4. The van der Waals surface area contributed by atoms with Gasteiger partial charge in [0.2, 0.25) is 5.91 Å². The zero-order chi connectivity index (χ0) is 24.1. The van der Waals surface area contributed by atoms with Gasteiger partial charge >= 0.3 is 6.03 Å². The van der Waals surface area contributed by atoms with Gasteiger partial charge in [-0.05, 0) is 66.9 Å². The van der Waals surface area contributed by atoms with Crippen LogP contribution in [0.1, 0.15) is 18.2 Å². The van der Waals surface area contributed by atoms with Gasteiger partial charge in [-0.1, -0.05) is 6.07 Å². The van der Waals surface area contributed by atoms with Crippen LogP contribution in [0.2, 0.25) is 0 Å². The summed E-state index contributed by atoms with van der Waals surface area (Å²) in [4.78, 5) is 43.0. The average Bonchev–Trinajstić information content (AvgIpc) is 3.43. The molecule has 34 heavy (non-hydrogen) atoms. The fraction of sp³-hybridized carbons (Fsp3) is 0.240. The van der Waals surface area contributed by atoms with Crippen molar-refractivity contribution in [1.82, 2.24) is 4.90 Å². The van der Waals surface area contributed by atoms with Crippen molar-refractivity contribution >= 4 is 40.6 Å². The Balaban J connectivity index is 1.53. The van der Waals surface area contributed by atoms with Gasteiger partial charge in [0.1, 0.15) is 17.5 Å². The molecule has 1 atom stereocenters. The van der Waals surface area contributed by atoms with Crippen LogP contribution in [0.25, 0.3) is 0 Å². The largest absolute Gasteiger partial charge is 0.497 e. The van der Waals surface area contributed by atoms with Crippen LogP contribution in [0, 0.1) is 0 Å². The van der Waals surface area contributed by atoms with Crippen LogP contribution in [-0.4, -0.2) is 42.5 Å². The number of carbonyl (C=O) groups is 3. The number of ether oxygens (including phenoxy) is 2. The summed E-state index contributed by atoms with van der Waals surface area (Å²) >= 11 is 1.49. The predicted molar refractivity (Wildman–Crippen MR) is 130 cm³/mol. The van der Waals surface area contributed by atoms with Crippen molar-refractivity contribution in [1.29, 1.82) is 0 Å². The van der Waals surface area contributed by atoms with Crippen molar-refractivity contribution in [2.75, 3.05) is 23.9 Å². The smallest absolute Gasteiger partial charge is 0.332 e. The number of nitrogens with zero attached hydrogens (tertiary/aromatic N) is 2. The molecule has 1 aromatic heterocycles. The Morgan fingerprint density at radius 2 is 1.74 bits per heavy atom. The number of hydrogen-bond donors (Lipinski definition) is 1. The zero-order valence-electron chi connectivity index (χ0n) is 18.9. The molecular formula is C25H25N3O5S. The van der Waals surface area contributed by atoms with E-state index in [1.807, 2.05) is 24.4 Å². The van der Waals surface area contributed by atoms with E-state index < -0.39 is 18.0 Å². The Kier molecular flexibility index (Phi) is 7.12. The van der Waals surface area contributed by atoms with Crippen molar-refractivity contribution in [3.63, 3.8) is 0 Å². The van der Waals surface area contributed by atoms with Crippen molar-refractivity contribution in [2.45, 2.75) is 25.9 Å². The van der Waals surface area contributed by atoms with Crippen LogP contribution < -0.4 is 19.7 Å². The van der Waals surface area contributed by atoms with Crippen LogP contribution in [0.15, 0.2) is 66.0 Å². The monoisotopic (exact) mass is 479 g/mol. The Bertz CT molecular complexity index is 1150. The molecule has 8 nitrogen and oxygen atoms in total. The molecule has 0 spiro atoms. The quantitative estimate of drug-likeness (QED) is 0.456. The minimum atomic E-state index is -0.917. The van der Waals surface area contributed by atoms with Gasteiger partial charge < -0.3 is 19.7 Å². The third-order valence-electron chi connectivity index (χ3n) is 5.38. The van der Waals surface area contributed by atoms with Crippen molar-refractivity contribution in [2.24, 2.45) is 0 Å². The van der Waals surface area contributed by atoms with E-state index in [1.54, 1.807) is 55.6 Å². The summed E-state index contributed by atoms with van der Waals surface area (Å²) in [5.41, 5.74) is 1.02. The number of carbonyl (C=O) groups excluding carboxylic acids is 3. The number of hydrogen-bond acceptors (Lipinski definition) is 6. The van der Waals surface area contributed by atoms with Gasteiger partial charge in [0, 0.05) is 10.6 Å². The molecule has 1 saturated heterocycles. The first-order valence-corrected chi connectivity index (χ1v) is 11.7. The van der Waals surface area contributed by atoms with Gasteiger partial charge in [-0.2, -0.15) is 0 Å². The Hall–Kier alpha value is -3.85. The molecule has 0 saturated carbocycles. The van der Waals surface area contributed by atoms with Crippen LogP contribution >= 0.6 is 11.3 Å². The lowest BCUT2D eigenvalue weighted by molar-refractivity contribution is -0.124. The third-order valence-corrected chi connectivity index (χ3v) is 6.24. The average molecular weight is 480 g/mol. The molecule has 2 aromatic carbocycles. The van der Waals surface area contributed by atoms with Gasteiger partial charge in [-0.25, -0.2) is 9.69 Å². The Labute approximate surface area is 201 Å². The number of nitrogens with one attached hydrogen (secondary N) is 1. The lowest BCUT2D eigenvalue weighted by atomic mass is 10.1. The first-order chi connectivity index (χ1) is 16.5. The second-order valence-electron chi connectivity index (χ2n) is 7.59. The van der Waals surface area contributed by atoms with E-state index in [-0.39, 0.29) is 18.9 Å². The summed E-state index contributed by atoms with van der Waals surface area (Å²) in [5, 5.41) is 4.71. The highest BCUT2D eigenvalue weighted by molar-refractivity contribution is 7.09. The molecule has 2 heterocycles.